The van der Waals surface area contributed by atoms with E-state index in [0.717, 1.165) is 0 Å². The first-order valence-electron chi connectivity index (χ1n) is 6.52. The van der Waals surface area contributed by atoms with Crippen LogP contribution in [0, 0.1) is 0 Å². The molecule has 0 fully saturated rings. The highest BCUT2D eigenvalue weighted by Gasteiger charge is 2.01. The van der Waals surface area contributed by atoms with Crippen molar-refractivity contribution in [3.63, 3.8) is 0 Å². The average molecular weight is 208 g/mol. The van der Waals surface area contributed by atoms with Gasteiger partial charge in [0.25, 0.3) is 0 Å². The molecule has 0 nitrogen and oxygen atoms in total. The van der Waals surface area contributed by atoms with Gasteiger partial charge in [0, 0.05) is 0 Å². The standard InChI is InChI=1S/C12H20.C3H8/c1-11(2)7-6-10-12-8-4-3-5-9-12;1-3-2/h7-8H,3-6,9-10H2,1-2H3;3H2,1-2H3. The third kappa shape index (κ3) is 9.78. The van der Waals surface area contributed by atoms with Gasteiger partial charge in [-0.05, 0) is 52.4 Å². The van der Waals surface area contributed by atoms with Crippen molar-refractivity contribution in [2.24, 2.45) is 0 Å². The monoisotopic (exact) mass is 208 g/mol. The van der Waals surface area contributed by atoms with Crippen molar-refractivity contribution in [1.29, 1.82) is 0 Å². The molecule has 0 heterocycles. The predicted octanol–water partition coefficient (Wildman–Crippen LogP) is 5.65. The molecule has 0 radical (unpaired) electrons. The van der Waals surface area contributed by atoms with Gasteiger partial charge in [-0.3, -0.25) is 0 Å². The summed E-state index contributed by atoms with van der Waals surface area (Å²) < 4.78 is 0. The number of allylic oxidation sites excluding steroid dienone is 4. The van der Waals surface area contributed by atoms with E-state index in [-0.39, 0.29) is 0 Å². The Labute approximate surface area is 96.5 Å². The van der Waals surface area contributed by atoms with Crippen molar-refractivity contribution in [3.05, 3.63) is 23.3 Å². The SMILES string of the molecule is CC(C)=CCCC1=CCCCC1.CCC. The van der Waals surface area contributed by atoms with Crippen molar-refractivity contribution >= 4 is 0 Å². The summed E-state index contributed by atoms with van der Waals surface area (Å²) in [5.74, 6) is 0. The first kappa shape index (κ1) is 14.5. The van der Waals surface area contributed by atoms with E-state index in [1.54, 1.807) is 5.57 Å². The van der Waals surface area contributed by atoms with Gasteiger partial charge in [-0.2, -0.15) is 0 Å². The molecule has 0 amide bonds. The molecule has 1 rings (SSSR count). The Kier molecular flexibility index (Phi) is 9.67. The fourth-order valence-corrected chi connectivity index (χ4v) is 1.68. The van der Waals surface area contributed by atoms with Crippen LogP contribution in [0.4, 0.5) is 0 Å². The fourth-order valence-electron chi connectivity index (χ4n) is 1.68. The largest absolute Gasteiger partial charge is 0.0856 e. The molecule has 0 saturated heterocycles. The van der Waals surface area contributed by atoms with E-state index in [9.17, 15) is 0 Å². The molecule has 88 valence electrons. The van der Waals surface area contributed by atoms with Gasteiger partial charge in [0.1, 0.15) is 0 Å². The molecule has 15 heavy (non-hydrogen) atoms. The van der Waals surface area contributed by atoms with Crippen LogP contribution in [-0.4, -0.2) is 0 Å². The van der Waals surface area contributed by atoms with Crippen LogP contribution in [0.5, 0.6) is 0 Å². The fraction of sp³-hybridized carbons (Fsp3) is 0.733. The summed E-state index contributed by atoms with van der Waals surface area (Å²) >= 11 is 0. The molecule has 0 heteroatoms. The molecule has 1 aliphatic rings. The van der Waals surface area contributed by atoms with Crippen molar-refractivity contribution < 1.29 is 0 Å². The van der Waals surface area contributed by atoms with Gasteiger partial charge in [0.05, 0.1) is 0 Å². The maximum atomic E-state index is 2.45. The van der Waals surface area contributed by atoms with E-state index in [2.05, 4.69) is 39.8 Å². The van der Waals surface area contributed by atoms with E-state index in [1.165, 1.54) is 50.5 Å². The number of rotatable bonds is 3. The molecule has 0 aromatic heterocycles. The summed E-state index contributed by atoms with van der Waals surface area (Å²) in [5, 5.41) is 0. The highest BCUT2D eigenvalue weighted by atomic mass is 14.1. The van der Waals surface area contributed by atoms with Crippen LogP contribution in [-0.2, 0) is 0 Å². The minimum Gasteiger partial charge on any atom is -0.0856 e. The highest BCUT2D eigenvalue weighted by molar-refractivity contribution is 5.07. The lowest BCUT2D eigenvalue weighted by Gasteiger charge is -2.11. The Morgan fingerprint density at radius 1 is 1.27 bits per heavy atom. The molecule has 0 atom stereocenters. The van der Waals surface area contributed by atoms with Gasteiger partial charge < -0.3 is 0 Å². The van der Waals surface area contributed by atoms with Gasteiger partial charge >= 0.3 is 0 Å². The topological polar surface area (TPSA) is 0 Å². The van der Waals surface area contributed by atoms with Gasteiger partial charge in [-0.15, -0.1) is 0 Å². The predicted molar refractivity (Wildman–Crippen MR) is 71.2 cm³/mol. The molecule has 0 aliphatic heterocycles. The average Bonchev–Trinajstić information content (AvgIpc) is 2.20. The quantitative estimate of drug-likeness (QED) is 0.526. The van der Waals surface area contributed by atoms with Crippen LogP contribution < -0.4 is 0 Å². The molecule has 0 saturated carbocycles. The zero-order chi connectivity index (χ0) is 11.5. The Bertz CT molecular complexity index is 192. The summed E-state index contributed by atoms with van der Waals surface area (Å²) in [6, 6.07) is 0. The van der Waals surface area contributed by atoms with E-state index in [1.807, 2.05) is 0 Å². The molecular weight excluding hydrogens is 180 g/mol. The van der Waals surface area contributed by atoms with Gasteiger partial charge in [-0.1, -0.05) is 43.6 Å². The lowest BCUT2D eigenvalue weighted by Crippen LogP contribution is -1.91. The Morgan fingerprint density at radius 3 is 2.40 bits per heavy atom. The minimum absolute atomic E-state index is 1.24. The smallest absolute Gasteiger partial charge is 0.0285 e. The van der Waals surface area contributed by atoms with Crippen LogP contribution in [0.15, 0.2) is 23.3 Å². The Hall–Kier alpha value is -0.520. The van der Waals surface area contributed by atoms with Gasteiger partial charge in [0.15, 0.2) is 0 Å². The number of hydrogen-bond acceptors (Lipinski definition) is 0. The first-order valence-corrected chi connectivity index (χ1v) is 6.52. The normalized spacial score (nSPS) is 14.8. The van der Waals surface area contributed by atoms with Crippen molar-refractivity contribution in [2.45, 2.75) is 72.6 Å². The first-order chi connectivity index (χ1) is 7.20. The maximum Gasteiger partial charge on any atom is -0.0285 e. The van der Waals surface area contributed by atoms with E-state index >= 15 is 0 Å². The lowest BCUT2D eigenvalue weighted by molar-refractivity contribution is 0.676. The third-order valence-electron chi connectivity index (χ3n) is 2.40. The van der Waals surface area contributed by atoms with Crippen molar-refractivity contribution in [2.75, 3.05) is 0 Å². The van der Waals surface area contributed by atoms with Crippen molar-refractivity contribution in [3.8, 4) is 0 Å². The highest BCUT2D eigenvalue weighted by Crippen LogP contribution is 2.21. The molecule has 1 aliphatic carbocycles. The van der Waals surface area contributed by atoms with E-state index < -0.39 is 0 Å². The van der Waals surface area contributed by atoms with Crippen LogP contribution in [0.1, 0.15) is 72.6 Å². The summed E-state index contributed by atoms with van der Waals surface area (Å²) in [6.07, 6.45) is 14.1. The van der Waals surface area contributed by atoms with Crippen molar-refractivity contribution in [1.82, 2.24) is 0 Å². The summed E-state index contributed by atoms with van der Waals surface area (Å²) in [7, 11) is 0. The lowest BCUT2D eigenvalue weighted by atomic mass is 9.96. The van der Waals surface area contributed by atoms with E-state index in [4.69, 9.17) is 0 Å². The molecule has 0 aromatic rings. The van der Waals surface area contributed by atoms with E-state index in [0.29, 0.717) is 0 Å². The zero-order valence-electron chi connectivity index (χ0n) is 11.1. The molecule has 0 aromatic carbocycles. The van der Waals surface area contributed by atoms with Gasteiger partial charge in [0.2, 0.25) is 0 Å². The molecule has 0 N–H and O–H groups in total. The second kappa shape index (κ2) is 10.0. The maximum absolute atomic E-state index is 2.45. The number of hydrogen-bond donors (Lipinski definition) is 0. The molecule has 0 spiro atoms. The third-order valence-corrected chi connectivity index (χ3v) is 2.40. The zero-order valence-corrected chi connectivity index (χ0v) is 11.1. The summed E-state index contributed by atoms with van der Waals surface area (Å²) in [6.45, 7) is 8.60. The summed E-state index contributed by atoms with van der Waals surface area (Å²) in [5.41, 5.74) is 3.14. The second-order valence-corrected chi connectivity index (χ2v) is 4.64. The Balaban J connectivity index is 0.000000583. The Morgan fingerprint density at radius 2 is 1.93 bits per heavy atom. The second-order valence-electron chi connectivity index (χ2n) is 4.64. The van der Waals surface area contributed by atoms with Crippen LogP contribution in [0.2, 0.25) is 0 Å². The minimum atomic E-state index is 1.24. The van der Waals surface area contributed by atoms with Crippen LogP contribution >= 0.6 is 0 Å². The summed E-state index contributed by atoms with van der Waals surface area (Å²) in [4.78, 5) is 0. The van der Waals surface area contributed by atoms with Crippen LogP contribution in [0.25, 0.3) is 0 Å². The van der Waals surface area contributed by atoms with Gasteiger partial charge in [-0.25, -0.2) is 0 Å². The molecular formula is C15H28. The molecule has 0 bridgehead atoms. The molecule has 0 unspecified atom stereocenters. The van der Waals surface area contributed by atoms with Crippen LogP contribution in [0.3, 0.4) is 0 Å².